The molecule has 1 aromatic heterocycles. The summed E-state index contributed by atoms with van der Waals surface area (Å²) in [6.07, 6.45) is 2.98. The van der Waals surface area contributed by atoms with Crippen LogP contribution in [0.4, 0.5) is 0 Å². The van der Waals surface area contributed by atoms with Gasteiger partial charge in [0, 0.05) is 19.2 Å². The smallest absolute Gasteiger partial charge is 0.338 e. The first-order chi connectivity index (χ1) is 13.6. The first-order valence-electron chi connectivity index (χ1n) is 8.56. The van der Waals surface area contributed by atoms with Crippen LogP contribution in [0.5, 0.6) is 5.75 Å². The highest BCUT2D eigenvalue weighted by Crippen LogP contribution is 2.18. The largest absolute Gasteiger partial charge is 0.496 e. The van der Waals surface area contributed by atoms with Crippen LogP contribution in [0.15, 0.2) is 61.2 Å². The van der Waals surface area contributed by atoms with E-state index in [4.69, 9.17) is 9.47 Å². The van der Waals surface area contributed by atoms with E-state index in [0.717, 1.165) is 11.3 Å². The Balaban J connectivity index is 1.54. The summed E-state index contributed by atoms with van der Waals surface area (Å²) in [4.78, 5) is 29.8. The summed E-state index contributed by atoms with van der Waals surface area (Å²) >= 11 is 0. The van der Waals surface area contributed by atoms with E-state index in [1.54, 1.807) is 49.4 Å². The minimum atomic E-state index is -0.566. The molecular formula is C20H20N4O4. The van der Waals surface area contributed by atoms with E-state index in [0.29, 0.717) is 17.9 Å². The van der Waals surface area contributed by atoms with Crippen molar-refractivity contribution in [1.29, 1.82) is 0 Å². The molecule has 3 rings (SSSR count). The van der Waals surface area contributed by atoms with E-state index in [-0.39, 0.29) is 12.5 Å². The van der Waals surface area contributed by atoms with Gasteiger partial charge in [-0.25, -0.2) is 14.5 Å². The van der Waals surface area contributed by atoms with Crippen molar-refractivity contribution in [1.82, 2.24) is 19.7 Å². The molecule has 0 unspecified atom stereocenters. The molecule has 0 N–H and O–H groups in total. The topological polar surface area (TPSA) is 86.5 Å². The van der Waals surface area contributed by atoms with Crippen LogP contribution < -0.4 is 4.74 Å². The predicted octanol–water partition coefficient (Wildman–Crippen LogP) is 2.09. The van der Waals surface area contributed by atoms with Gasteiger partial charge >= 0.3 is 5.97 Å². The highest BCUT2D eigenvalue weighted by atomic mass is 16.5. The van der Waals surface area contributed by atoms with Gasteiger partial charge in [0.15, 0.2) is 6.61 Å². The number of ether oxygens (including phenoxy) is 2. The molecule has 1 heterocycles. The Kier molecular flexibility index (Phi) is 6.01. The molecule has 8 heteroatoms. The van der Waals surface area contributed by atoms with Crippen LogP contribution in [-0.2, 0) is 16.1 Å². The third kappa shape index (κ3) is 4.53. The van der Waals surface area contributed by atoms with Gasteiger partial charge in [-0.1, -0.05) is 18.2 Å². The minimum Gasteiger partial charge on any atom is -0.496 e. The van der Waals surface area contributed by atoms with Gasteiger partial charge in [-0.2, -0.15) is 5.10 Å². The summed E-state index contributed by atoms with van der Waals surface area (Å²) < 4.78 is 12.0. The molecule has 3 aromatic rings. The molecular weight excluding hydrogens is 360 g/mol. The van der Waals surface area contributed by atoms with E-state index >= 15 is 0 Å². The van der Waals surface area contributed by atoms with Crippen LogP contribution in [0.2, 0.25) is 0 Å². The third-order valence-corrected chi connectivity index (χ3v) is 4.14. The number of likely N-dealkylation sites (N-methyl/N-ethyl adjacent to an activating group) is 1. The standard InChI is InChI=1S/C20H20N4O4/c1-23(11-16-5-3-4-6-18(16)27-2)19(25)12-28-20(26)15-7-9-17(10-8-15)24-14-21-13-22-24/h3-10,13-14H,11-12H2,1-2H3. The second-order valence-electron chi connectivity index (χ2n) is 6.02. The minimum absolute atomic E-state index is 0.307. The van der Waals surface area contributed by atoms with Crippen LogP contribution in [0.25, 0.3) is 5.69 Å². The van der Waals surface area contributed by atoms with Crippen molar-refractivity contribution >= 4 is 11.9 Å². The first kappa shape index (κ1) is 19.1. The van der Waals surface area contributed by atoms with Crippen LogP contribution in [0, 0.1) is 0 Å². The summed E-state index contributed by atoms with van der Waals surface area (Å²) in [6, 6.07) is 14.1. The number of amides is 1. The molecule has 0 bridgehead atoms. The fourth-order valence-corrected chi connectivity index (χ4v) is 2.59. The molecule has 0 saturated heterocycles. The van der Waals surface area contributed by atoms with Gasteiger partial charge in [-0.15, -0.1) is 0 Å². The molecule has 0 aliphatic heterocycles. The van der Waals surface area contributed by atoms with Crippen molar-refractivity contribution in [2.45, 2.75) is 6.54 Å². The Morgan fingerprint density at radius 3 is 2.54 bits per heavy atom. The van der Waals surface area contributed by atoms with Crippen molar-refractivity contribution in [2.75, 3.05) is 20.8 Å². The number of nitrogens with zero attached hydrogens (tertiary/aromatic N) is 4. The van der Waals surface area contributed by atoms with Gasteiger partial charge in [0.2, 0.25) is 0 Å². The predicted molar refractivity (Wildman–Crippen MR) is 101 cm³/mol. The number of methoxy groups -OCH3 is 1. The fraction of sp³-hybridized carbons (Fsp3) is 0.200. The van der Waals surface area contributed by atoms with Crippen LogP contribution in [0.1, 0.15) is 15.9 Å². The number of rotatable bonds is 7. The number of hydrogen-bond donors (Lipinski definition) is 0. The SMILES string of the molecule is COc1ccccc1CN(C)C(=O)COC(=O)c1ccc(-n2cncn2)cc1. The summed E-state index contributed by atoms with van der Waals surface area (Å²) in [7, 11) is 3.23. The number of para-hydroxylation sites is 1. The van der Waals surface area contributed by atoms with Gasteiger partial charge in [-0.05, 0) is 30.3 Å². The molecule has 2 aromatic carbocycles. The van der Waals surface area contributed by atoms with E-state index < -0.39 is 5.97 Å². The Labute approximate surface area is 162 Å². The van der Waals surface area contributed by atoms with E-state index in [1.165, 1.54) is 11.2 Å². The Hall–Kier alpha value is -3.68. The number of esters is 1. The van der Waals surface area contributed by atoms with E-state index in [1.807, 2.05) is 24.3 Å². The fourth-order valence-electron chi connectivity index (χ4n) is 2.59. The highest BCUT2D eigenvalue weighted by molar-refractivity contribution is 5.91. The van der Waals surface area contributed by atoms with Crippen LogP contribution in [-0.4, -0.2) is 52.3 Å². The average molecular weight is 380 g/mol. The molecule has 1 amide bonds. The quantitative estimate of drug-likeness (QED) is 0.584. The average Bonchev–Trinajstić information content (AvgIpc) is 3.27. The maximum absolute atomic E-state index is 12.3. The lowest BCUT2D eigenvalue weighted by molar-refractivity contribution is -0.133. The molecule has 0 fully saturated rings. The molecule has 8 nitrogen and oxygen atoms in total. The number of carbonyl (C=O) groups excluding carboxylic acids is 2. The molecule has 0 radical (unpaired) electrons. The van der Waals surface area contributed by atoms with Gasteiger partial charge < -0.3 is 14.4 Å². The second-order valence-corrected chi connectivity index (χ2v) is 6.02. The lowest BCUT2D eigenvalue weighted by Gasteiger charge is -2.18. The number of hydrogen-bond acceptors (Lipinski definition) is 6. The molecule has 0 atom stereocenters. The zero-order chi connectivity index (χ0) is 19.9. The number of aromatic nitrogens is 3. The summed E-state index contributed by atoms with van der Waals surface area (Å²) in [6.45, 7) is 0.0162. The molecule has 0 aliphatic rings. The zero-order valence-corrected chi connectivity index (χ0v) is 15.6. The first-order valence-corrected chi connectivity index (χ1v) is 8.56. The monoisotopic (exact) mass is 380 g/mol. The molecule has 0 spiro atoms. The molecule has 0 saturated carbocycles. The van der Waals surface area contributed by atoms with E-state index in [2.05, 4.69) is 10.1 Å². The van der Waals surface area contributed by atoms with E-state index in [9.17, 15) is 9.59 Å². The Bertz CT molecular complexity index is 939. The maximum atomic E-state index is 12.3. The summed E-state index contributed by atoms with van der Waals surface area (Å²) in [5.74, 6) is -0.172. The number of benzene rings is 2. The maximum Gasteiger partial charge on any atom is 0.338 e. The molecule has 0 aliphatic carbocycles. The van der Waals surface area contributed by atoms with Gasteiger partial charge in [0.25, 0.3) is 5.91 Å². The molecule has 144 valence electrons. The lowest BCUT2D eigenvalue weighted by Crippen LogP contribution is -2.31. The highest BCUT2D eigenvalue weighted by Gasteiger charge is 2.15. The Morgan fingerprint density at radius 2 is 1.86 bits per heavy atom. The van der Waals surface area contributed by atoms with Crippen molar-refractivity contribution in [2.24, 2.45) is 0 Å². The normalized spacial score (nSPS) is 10.4. The summed E-state index contributed by atoms with van der Waals surface area (Å²) in [5, 5.41) is 4.02. The van der Waals surface area contributed by atoms with Crippen molar-refractivity contribution in [3.05, 3.63) is 72.3 Å². The number of carbonyl (C=O) groups is 2. The van der Waals surface area contributed by atoms with Gasteiger partial charge in [-0.3, -0.25) is 4.79 Å². The van der Waals surface area contributed by atoms with Crippen LogP contribution >= 0.6 is 0 Å². The second kappa shape index (κ2) is 8.81. The van der Waals surface area contributed by atoms with Crippen LogP contribution in [0.3, 0.4) is 0 Å². The van der Waals surface area contributed by atoms with Gasteiger partial charge in [0.05, 0.1) is 18.4 Å². The van der Waals surface area contributed by atoms with Gasteiger partial charge in [0.1, 0.15) is 18.4 Å². The zero-order valence-electron chi connectivity index (χ0n) is 15.6. The van der Waals surface area contributed by atoms with Crippen molar-refractivity contribution in [3.63, 3.8) is 0 Å². The van der Waals surface area contributed by atoms with Crippen molar-refractivity contribution < 1.29 is 19.1 Å². The summed E-state index contributed by atoms with van der Waals surface area (Å²) in [5.41, 5.74) is 1.99. The Morgan fingerprint density at radius 1 is 1.11 bits per heavy atom. The van der Waals surface area contributed by atoms with Crippen molar-refractivity contribution in [3.8, 4) is 11.4 Å². The molecule has 28 heavy (non-hydrogen) atoms. The lowest BCUT2D eigenvalue weighted by atomic mass is 10.2. The third-order valence-electron chi connectivity index (χ3n) is 4.14.